The van der Waals surface area contributed by atoms with Crippen molar-refractivity contribution in [1.29, 1.82) is 0 Å². The van der Waals surface area contributed by atoms with Crippen LogP contribution in [0.25, 0.3) is 0 Å². The molecule has 2 aromatic carbocycles. The Kier molecular flexibility index (Phi) is 4.81. The molecule has 1 aliphatic rings. The Bertz CT molecular complexity index is 731. The van der Waals surface area contributed by atoms with Crippen LogP contribution < -0.4 is 5.19 Å². The van der Waals surface area contributed by atoms with Crippen LogP contribution in [0.4, 0.5) is 0 Å². The lowest BCUT2D eigenvalue weighted by atomic mass is 9.94. The Labute approximate surface area is 148 Å². The summed E-state index contributed by atoms with van der Waals surface area (Å²) >= 11 is 5.96. The first kappa shape index (κ1) is 17.2. The maximum absolute atomic E-state index is 11.1. The van der Waals surface area contributed by atoms with E-state index in [1.165, 1.54) is 5.19 Å². The minimum atomic E-state index is -2.09. The second-order valence-corrected chi connectivity index (χ2v) is 11.9. The molecule has 5 heteroatoms. The standard InChI is InChI=1S/C19H22ClNO2Si/c1-13-17(14-9-11-15(20)12-10-14)21-23-18(13)19(22)24(2,3)16-7-5-4-6-8-16/h4-13,18-19,22H,1-3H3/t13-,18-,19-/m0/s1. The van der Waals surface area contributed by atoms with Gasteiger partial charge in [-0.3, -0.25) is 0 Å². The molecule has 24 heavy (non-hydrogen) atoms. The molecule has 0 aromatic heterocycles. The van der Waals surface area contributed by atoms with Gasteiger partial charge in [-0.15, -0.1) is 0 Å². The largest absolute Gasteiger partial charge is 0.392 e. The number of oxime groups is 1. The number of rotatable bonds is 4. The van der Waals surface area contributed by atoms with Crippen molar-refractivity contribution in [1.82, 2.24) is 0 Å². The minimum absolute atomic E-state index is 0.0247. The van der Waals surface area contributed by atoms with Crippen molar-refractivity contribution in [2.24, 2.45) is 11.1 Å². The zero-order chi connectivity index (χ0) is 17.3. The zero-order valence-corrected chi connectivity index (χ0v) is 15.9. The van der Waals surface area contributed by atoms with Crippen molar-refractivity contribution in [2.45, 2.75) is 31.8 Å². The number of aliphatic hydroxyl groups is 1. The molecule has 0 bridgehead atoms. The summed E-state index contributed by atoms with van der Waals surface area (Å²) in [5, 5.41) is 17.2. The van der Waals surface area contributed by atoms with Crippen LogP contribution in [0.2, 0.25) is 18.1 Å². The third-order valence-corrected chi connectivity index (χ3v) is 8.79. The first-order valence-corrected chi connectivity index (χ1v) is 11.6. The lowest BCUT2D eigenvalue weighted by Gasteiger charge is -2.33. The van der Waals surface area contributed by atoms with Gasteiger partial charge in [0.1, 0.15) is 8.07 Å². The molecule has 126 valence electrons. The molecule has 0 saturated heterocycles. The predicted molar refractivity (Wildman–Crippen MR) is 102 cm³/mol. The zero-order valence-electron chi connectivity index (χ0n) is 14.1. The van der Waals surface area contributed by atoms with E-state index >= 15 is 0 Å². The Morgan fingerprint density at radius 2 is 1.71 bits per heavy atom. The molecule has 3 rings (SSSR count). The number of nitrogens with zero attached hydrogens (tertiary/aromatic N) is 1. The molecule has 1 heterocycles. The molecule has 1 aliphatic heterocycles. The van der Waals surface area contributed by atoms with Crippen LogP contribution in [0.3, 0.4) is 0 Å². The van der Waals surface area contributed by atoms with Crippen molar-refractivity contribution >= 4 is 30.6 Å². The van der Waals surface area contributed by atoms with E-state index in [9.17, 15) is 5.11 Å². The number of halogens is 1. The van der Waals surface area contributed by atoms with E-state index in [1.807, 2.05) is 42.5 Å². The summed E-state index contributed by atoms with van der Waals surface area (Å²) in [5.41, 5.74) is 1.32. The summed E-state index contributed by atoms with van der Waals surface area (Å²) in [5.74, 6) is 0.0247. The fraction of sp³-hybridized carbons (Fsp3) is 0.316. The van der Waals surface area contributed by atoms with Crippen LogP contribution in [0.1, 0.15) is 12.5 Å². The van der Waals surface area contributed by atoms with E-state index in [1.54, 1.807) is 0 Å². The molecule has 0 spiro atoms. The molecule has 0 unspecified atom stereocenters. The highest BCUT2D eigenvalue weighted by molar-refractivity contribution is 6.90. The molecule has 3 atom stereocenters. The summed E-state index contributed by atoms with van der Waals surface area (Å²) in [6, 6.07) is 17.8. The summed E-state index contributed by atoms with van der Waals surface area (Å²) < 4.78 is 0. The third-order valence-electron chi connectivity index (χ3n) is 4.91. The minimum Gasteiger partial charge on any atom is -0.392 e. The van der Waals surface area contributed by atoms with Crippen LogP contribution in [-0.4, -0.2) is 30.7 Å². The normalized spacial score (nSPS) is 22.0. The number of aliphatic hydroxyl groups excluding tert-OH is 1. The fourth-order valence-electron chi connectivity index (χ4n) is 3.16. The van der Waals surface area contributed by atoms with Gasteiger partial charge in [-0.1, -0.05) is 84.4 Å². The highest BCUT2D eigenvalue weighted by Gasteiger charge is 2.45. The topological polar surface area (TPSA) is 41.8 Å². The van der Waals surface area contributed by atoms with E-state index in [2.05, 4.69) is 37.3 Å². The van der Waals surface area contributed by atoms with Gasteiger partial charge in [0.05, 0.1) is 11.4 Å². The first-order valence-electron chi connectivity index (χ1n) is 8.14. The molecule has 1 N–H and O–H groups in total. The van der Waals surface area contributed by atoms with Gasteiger partial charge in [0.15, 0.2) is 6.10 Å². The summed E-state index contributed by atoms with van der Waals surface area (Å²) in [7, 11) is -2.09. The van der Waals surface area contributed by atoms with Crippen LogP contribution in [0, 0.1) is 5.92 Å². The smallest absolute Gasteiger partial charge is 0.158 e. The average molecular weight is 360 g/mol. The van der Waals surface area contributed by atoms with Crippen molar-refractivity contribution in [3.8, 4) is 0 Å². The van der Waals surface area contributed by atoms with Crippen molar-refractivity contribution < 1.29 is 9.94 Å². The van der Waals surface area contributed by atoms with Crippen molar-refractivity contribution in [3.05, 3.63) is 65.2 Å². The second-order valence-electron chi connectivity index (χ2n) is 6.87. The van der Waals surface area contributed by atoms with Gasteiger partial charge in [0.2, 0.25) is 0 Å². The lowest BCUT2D eigenvalue weighted by molar-refractivity contribution is -0.00172. The molecular formula is C19H22ClNO2Si. The van der Waals surface area contributed by atoms with Gasteiger partial charge in [0, 0.05) is 10.9 Å². The van der Waals surface area contributed by atoms with Gasteiger partial charge in [-0.25, -0.2) is 0 Å². The second kappa shape index (κ2) is 6.71. The molecule has 0 amide bonds. The maximum Gasteiger partial charge on any atom is 0.158 e. The monoisotopic (exact) mass is 359 g/mol. The summed E-state index contributed by atoms with van der Waals surface area (Å²) in [4.78, 5) is 5.67. The molecular weight excluding hydrogens is 338 g/mol. The van der Waals surface area contributed by atoms with Gasteiger partial charge >= 0.3 is 0 Å². The predicted octanol–water partition coefficient (Wildman–Crippen LogP) is 3.59. The number of hydrogen-bond donors (Lipinski definition) is 1. The van der Waals surface area contributed by atoms with Crippen LogP contribution in [-0.2, 0) is 4.84 Å². The van der Waals surface area contributed by atoms with Crippen LogP contribution in [0.5, 0.6) is 0 Å². The molecule has 0 fully saturated rings. The van der Waals surface area contributed by atoms with Gasteiger partial charge < -0.3 is 9.94 Å². The maximum atomic E-state index is 11.1. The summed E-state index contributed by atoms with van der Waals surface area (Å²) in [6.07, 6.45) is -0.322. The number of hydrogen-bond acceptors (Lipinski definition) is 3. The van der Waals surface area contributed by atoms with E-state index in [4.69, 9.17) is 16.4 Å². The van der Waals surface area contributed by atoms with E-state index in [0.29, 0.717) is 5.02 Å². The van der Waals surface area contributed by atoms with Crippen LogP contribution >= 0.6 is 11.6 Å². The highest BCUT2D eigenvalue weighted by atomic mass is 35.5. The SMILES string of the molecule is C[C@H]1C(c2ccc(Cl)cc2)=NO[C@@H]1[C@@H](O)[Si](C)(C)c1ccccc1. The van der Waals surface area contributed by atoms with E-state index in [0.717, 1.165) is 11.3 Å². The molecule has 0 saturated carbocycles. The van der Waals surface area contributed by atoms with Crippen LogP contribution in [0.15, 0.2) is 59.8 Å². The van der Waals surface area contributed by atoms with Gasteiger partial charge in [-0.2, -0.15) is 0 Å². The molecule has 0 aliphatic carbocycles. The van der Waals surface area contributed by atoms with Crippen molar-refractivity contribution in [2.75, 3.05) is 0 Å². The van der Waals surface area contributed by atoms with E-state index < -0.39 is 13.8 Å². The molecule has 0 radical (unpaired) electrons. The molecule has 2 aromatic rings. The lowest BCUT2D eigenvalue weighted by Crippen LogP contribution is -2.58. The average Bonchev–Trinajstić information content (AvgIpc) is 2.97. The quantitative estimate of drug-likeness (QED) is 0.847. The first-order chi connectivity index (χ1) is 11.4. The Hall–Kier alpha value is -1.62. The van der Waals surface area contributed by atoms with Gasteiger partial charge in [-0.05, 0) is 17.7 Å². The number of benzene rings is 2. The van der Waals surface area contributed by atoms with Crippen molar-refractivity contribution in [3.63, 3.8) is 0 Å². The summed E-state index contributed by atoms with van der Waals surface area (Å²) in [6.45, 7) is 6.40. The Morgan fingerprint density at radius 1 is 1.08 bits per heavy atom. The van der Waals surface area contributed by atoms with E-state index in [-0.39, 0.29) is 12.0 Å². The Morgan fingerprint density at radius 3 is 2.33 bits per heavy atom. The van der Waals surface area contributed by atoms with Gasteiger partial charge in [0.25, 0.3) is 0 Å². The Balaban J connectivity index is 1.81. The highest BCUT2D eigenvalue weighted by Crippen LogP contribution is 2.29. The third kappa shape index (κ3) is 3.14. The molecule has 3 nitrogen and oxygen atoms in total. The fourth-order valence-corrected chi connectivity index (χ4v) is 5.85.